The van der Waals surface area contributed by atoms with Gasteiger partial charge in [-0.1, -0.05) is 0 Å². The highest BCUT2D eigenvalue weighted by atomic mass is 19.1. The largest absolute Gasteiger partial charge is 0.497 e. The van der Waals surface area contributed by atoms with Crippen molar-refractivity contribution in [2.45, 2.75) is 18.8 Å². The van der Waals surface area contributed by atoms with Crippen molar-refractivity contribution in [2.75, 3.05) is 25.5 Å². The van der Waals surface area contributed by atoms with Gasteiger partial charge in [-0.25, -0.2) is 19.3 Å². The van der Waals surface area contributed by atoms with E-state index in [1.165, 1.54) is 12.1 Å². The summed E-state index contributed by atoms with van der Waals surface area (Å²) >= 11 is 0. The second-order valence-electron chi connectivity index (χ2n) is 8.00. The van der Waals surface area contributed by atoms with Gasteiger partial charge in [-0.05, 0) is 80.5 Å². The fourth-order valence-corrected chi connectivity index (χ4v) is 4.04. The molecule has 4 aromatic rings. The van der Waals surface area contributed by atoms with Crippen LogP contribution in [0.3, 0.4) is 0 Å². The Balaban J connectivity index is 1.51. The second-order valence-corrected chi connectivity index (χ2v) is 8.00. The standard InChI is InChI=1S/C25H25FN6O/c1-33-20-8-6-19(7-9-20)29-25-28-15-12-21(30-25)23-22(16-2-4-18(26)5-3-16)31-24(32-23)17-10-13-27-14-11-17/h2-9,12,15,17,27H,10-11,13-14H2,1H3,(H,31,32)(H,28,29,30). The third kappa shape index (κ3) is 4.70. The van der Waals surface area contributed by atoms with E-state index in [0.717, 1.165) is 60.1 Å². The second kappa shape index (κ2) is 9.38. The Labute approximate surface area is 191 Å². The van der Waals surface area contributed by atoms with E-state index in [1.807, 2.05) is 30.3 Å². The van der Waals surface area contributed by atoms with Crippen LogP contribution in [0.15, 0.2) is 60.8 Å². The first-order valence-corrected chi connectivity index (χ1v) is 11.0. The highest BCUT2D eigenvalue weighted by molar-refractivity contribution is 5.77. The summed E-state index contributed by atoms with van der Waals surface area (Å²) in [4.78, 5) is 17.6. The van der Waals surface area contributed by atoms with Gasteiger partial charge in [0.15, 0.2) is 0 Å². The SMILES string of the molecule is COc1ccc(Nc2nccc(-c3[nH]c(C4CCNCC4)nc3-c3ccc(F)cc3)n2)cc1. The number of halogens is 1. The van der Waals surface area contributed by atoms with Gasteiger partial charge < -0.3 is 20.4 Å². The minimum Gasteiger partial charge on any atom is -0.497 e. The van der Waals surface area contributed by atoms with Gasteiger partial charge in [0.25, 0.3) is 0 Å². The molecule has 8 heteroatoms. The van der Waals surface area contributed by atoms with Crippen LogP contribution in [-0.4, -0.2) is 40.1 Å². The van der Waals surface area contributed by atoms with Crippen molar-refractivity contribution < 1.29 is 9.13 Å². The Bertz CT molecular complexity index is 1220. The van der Waals surface area contributed by atoms with Gasteiger partial charge in [0, 0.05) is 23.4 Å². The Morgan fingerprint density at radius 2 is 1.73 bits per heavy atom. The molecule has 0 spiro atoms. The quantitative estimate of drug-likeness (QED) is 0.392. The lowest BCUT2D eigenvalue weighted by Gasteiger charge is -2.20. The van der Waals surface area contributed by atoms with Crippen LogP contribution in [-0.2, 0) is 0 Å². The van der Waals surface area contributed by atoms with E-state index in [4.69, 9.17) is 14.7 Å². The van der Waals surface area contributed by atoms with Crippen molar-refractivity contribution in [3.8, 4) is 28.4 Å². The van der Waals surface area contributed by atoms with Crippen molar-refractivity contribution in [1.29, 1.82) is 0 Å². The number of rotatable bonds is 6. The lowest BCUT2D eigenvalue weighted by Crippen LogP contribution is -2.27. The molecule has 2 aromatic heterocycles. The maximum Gasteiger partial charge on any atom is 0.227 e. The summed E-state index contributed by atoms with van der Waals surface area (Å²) in [5.74, 6) is 2.26. The molecule has 3 heterocycles. The Morgan fingerprint density at radius 1 is 0.970 bits per heavy atom. The minimum atomic E-state index is -0.276. The predicted octanol–water partition coefficient (Wildman–Crippen LogP) is 4.89. The van der Waals surface area contributed by atoms with E-state index >= 15 is 0 Å². The first-order valence-electron chi connectivity index (χ1n) is 11.0. The number of aromatic nitrogens is 4. The number of nitrogens with one attached hydrogen (secondary N) is 3. The van der Waals surface area contributed by atoms with E-state index in [1.54, 1.807) is 25.4 Å². The third-order valence-corrected chi connectivity index (χ3v) is 5.82. The zero-order valence-electron chi connectivity index (χ0n) is 18.3. The van der Waals surface area contributed by atoms with E-state index in [9.17, 15) is 4.39 Å². The summed E-state index contributed by atoms with van der Waals surface area (Å²) in [6, 6.07) is 15.8. The lowest BCUT2D eigenvalue weighted by atomic mass is 9.98. The maximum absolute atomic E-state index is 13.6. The molecule has 0 radical (unpaired) electrons. The first-order chi connectivity index (χ1) is 16.2. The molecule has 0 bridgehead atoms. The van der Waals surface area contributed by atoms with Crippen LogP contribution in [0, 0.1) is 5.82 Å². The van der Waals surface area contributed by atoms with E-state index in [2.05, 4.69) is 20.6 Å². The number of ether oxygens (including phenoxy) is 1. The van der Waals surface area contributed by atoms with Gasteiger partial charge >= 0.3 is 0 Å². The van der Waals surface area contributed by atoms with Crippen molar-refractivity contribution in [3.05, 3.63) is 72.4 Å². The lowest BCUT2D eigenvalue weighted by molar-refractivity contribution is 0.415. The van der Waals surface area contributed by atoms with Gasteiger partial charge in [0.2, 0.25) is 5.95 Å². The molecule has 3 N–H and O–H groups in total. The molecule has 168 valence electrons. The first kappa shape index (κ1) is 21.1. The van der Waals surface area contributed by atoms with Gasteiger partial charge in [0.1, 0.15) is 17.4 Å². The molecule has 0 saturated carbocycles. The number of aromatic amines is 1. The number of anilines is 2. The summed E-state index contributed by atoms with van der Waals surface area (Å²) in [7, 11) is 1.64. The summed E-state index contributed by atoms with van der Waals surface area (Å²) in [6.45, 7) is 1.94. The number of benzene rings is 2. The van der Waals surface area contributed by atoms with Crippen molar-refractivity contribution in [2.24, 2.45) is 0 Å². The molecule has 5 rings (SSSR count). The summed E-state index contributed by atoms with van der Waals surface area (Å²) in [5, 5.41) is 6.63. The highest BCUT2D eigenvalue weighted by Gasteiger charge is 2.23. The minimum absolute atomic E-state index is 0.276. The molecule has 1 fully saturated rings. The maximum atomic E-state index is 13.6. The molecule has 0 unspecified atom stereocenters. The predicted molar refractivity (Wildman–Crippen MR) is 126 cm³/mol. The summed E-state index contributed by atoms with van der Waals surface area (Å²) in [5.41, 5.74) is 3.97. The third-order valence-electron chi connectivity index (χ3n) is 5.82. The molecule has 1 aliphatic heterocycles. The van der Waals surface area contributed by atoms with Gasteiger partial charge in [0.05, 0.1) is 24.2 Å². The number of methoxy groups -OCH3 is 1. The van der Waals surface area contributed by atoms with Crippen LogP contribution in [0.4, 0.5) is 16.0 Å². The Morgan fingerprint density at radius 3 is 2.45 bits per heavy atom. The number of imidazole rings is 1. The number of H-pyrrole nitrogens is 1. The van der Waals surface area contributed by atoms with Crippen molar-refractivity contribution in [1.82, 2.24) is 25.3 Å². The van der Waals surface area contributed by atoms with Crippen LogP contribution < -0.4 is 15.4 Å². The topological polar surface area (TPSA) is 87.8 Å². The molecule has 0 aliphatic carbocycles. The van der Waals surface area contributed by atoms with Crippen LogP contribution in [0.5, 0.6) is 5.75 Å². The molecule has 7 nitrogen and oxygen atoms in total. The molecule has 1 aliphatic rings. The molecule has 2 aromatic carbocycles. The van der Waals surface area contributed by atoms with Crippen LogP contribution >= 0.6 is 0 Å². The normalized spacial score (nSPS) is 14.2. The molecular weight excluding hydrogens is 419 g/mol. The monoisotopic (exact) mass is 444 g/mol. The molecule has 1 saturated heterocycles. The average molecular weight is 445 g/mol. The summed E-state index contributed by atoms with van der Waals surface area (Å²) in [6.07, 6.45) is 3.75. The van der Waals surface area contributed by atoms with E-state index < -0.39 is 0 Å². The Kier molecular flexibility index (Phi) is 5.99. The van der Waals surface area contributed by atoms with Crippen molar-refractivity contribution >= 4 is 11.6 Å². The average Bonchev–Trinajstić information content (AvgIpc) is 3.31. The molecule has 0 atom stereocenters. The van der Waals surface area contributed by atoms with Crippen LogP contribution in [0.1, 0.15) is 24.6 Å². The summed E-state index contributed by atoms with van der Waals surface area (Å²) < 4.78 is 18.8. The highest BCUT2D eigenvalue weighted by Crippen LogP contribution is 2.33. The number of piperidine rings is 1. The number of hydrogen-bond acceptors (Lipinski definition) is 6. The van der Waals surface area contributed by atoms with E-state index in [0.29, 0.717) is 17.6 Å². The zero-order chi connectivity index (χ0) is 22.6. The smallest absolute Gasteiger partial charge is 0.227 e. The molecular formula is C25H25FN6O. The molecule has 0 amide bonds. The molecule has 33 heavy (non-hydrogen) atoms. The fourth-order valence-electron chi connectivity index (χ4n) is 4.04. The van der Waals surface area contributed by atoms with Gasteiger partial charge in [-0.15, -0.1) is 0 Å². The van der Waals surface area contributed by atoms with Gasteiger partial charge in [-0.3, -0.25) is 0 Å². The Hall–Kier alpha value is -3.78. The van der Waals surface area contributed by atoms with E-state index in [-0.39, 0.29) is 5.82 Å². The fraction of sp³-hybridized carbons (Fsp3) is 0.240. The van der Waals surface area contributed by atoms with Crippen molar-refractivity contribution in [3.63, 3.8) is 0 Å². The zero-order valence-corrected chi connectivity index (χ0v) is 18.3. The van der Waals surface area contributed by atoms with Crippen LogP contribution in [0.2, 0.25) is 0 Å². The van der Waals surface area contributed by atoms with Gasteiger partial charge in [-0.2, -0.15) is 0 Å². The number of hydrogen-bond donors (Lipinski definition) is 3. The number of nitrogens with zero attached hydrogens (tertiary/aromatic N) is 3. The van der Waals surface area contributed by atoms with Crippen LogP contribution in [0.25, 0.3) is 22.6 Å².